The van der Waals surface area contributed by atoms with Gasteiger partial charge in [0.1, 0.15) is 48.8 Å². The molecule has 4 aliphatic carbocycles. The monoisotopic (exact) mass is 2160 g/mol. The highest BCUT2D eigenvalue weighted by atomic mass is 35.5. The molecule has 9 aromatic heterocycles. The van der Waals surface area contributed by atoms with Gasteiger partial charge < -0.3 is 50.3 Å². The number of hydrogen-bond acceptors (Lipinski definition) is 36. The van der Waals surface area contributed by atoms with Crippen LogP contribution in [0.25, 0.3) is 22.2 Å². The van der Waals surface area contributed by atoms with E-state index in [2.05, 4.69) is 116 Å². The lowest BCUT2D eigenvalue weighted by molar-refractivity contribution is 0.00778. The lowest BCUT2D eigenvalue weighted by Crippen LogP contribution is -2.36. The summed E-state index contributed by atoms with van der Waals surface area (Å²) in [5, 5.41) is 91.8. The fraction of sp³-hybridized carbons (Fsp3) is 0.367. The summed E-state index contributed by atoms with van der Waals surface area (Å²) in [7, 11) is -16.4. The third-order valence-corrected chi connectivity index (χ3v) is 30.5. The summed E-state index contributed by atoms with van der Waals surface area (Å²) in [4.78, 5) is 89.1. The van der Waals surface area contributed by atoms with E-state index in [9.17, 15) is 83.5 Å². The SMILES string of the molecule is C.C.C.Cc1ccc2ccn(Cc3csc(C(=O)c4cncnc4C[C@@H]4C[C@H](COS(N)(=O)=O)[C@@H](O)C4)c3)c2c1.Cc1sc(C(=O)c2cncnc2C[C@@H]2C[C@H](COS(N)(=O)=O)[C@@H](O)C2)cc1C(C)c1cccc(Cl)c1.NS(=O)(=O)OC[C@H]1C[C@@H](Nc2ncncc2C(=O)c2cc(C(O)Cc3ccccc3)c(Cl)s2)C[C@@H]1O.NS(=O)(=O)OC[C@H]1C[C@@H](Nc2ncncc2C(=O)c2ccc(-c3ccccc3)o2)[C@H](O)[C@@H]1O. The zero-order chi connectivity index (χ0) is 102. The number of thiophene rings is 3. The molecule has 776 valence electrons. The van der Waals surface area contributed by atoms with E-state index in [0.717, 1.165) is 49.5 Å². The van der Waals surface area contributed by atoms with Crippen molar-refractivity contribution in [2.45, 2.75) is 168 Å². The topological polar surface area (TPSA) is 612 Å². The number of aliphatic hydroxyl groups is 6. The van der Waals surface area contributed by atoms with Crippen molar-refractivity contribution in [3.05, 3.63) is 303 Å². The molecule has 4 fully saturated rings. The highest BCUT2D eigenvalue weighted by Gasteiger charge is 2.44. The molecule has 0 amide bonds. The molecule has 4 aromatic carbocycles. The number of aryl methyl sites for hydroxylation is 2. The Morgan fingerprint density at radius 3 is 1.59 bits per heavy atom. The van der Waals surface area contributed by atoms with Crippen LogP contribution in [0.1, 0.15) is 198 Å². The van der Waals surface area contributed by atoms with E-state index < -0.39 is 102 Å². The van der Waals surface area contributed by atoms with Crippen LogP contribution in [-0.4, -0.2) is 201 Å². The Bertz CT molecular complexity index is 7130. The normalized spacial score (nSPS) is 20.7. The molecule has 9 heterocycles. The van der Waals surface area contributed by atoms with Gasteiger partial charge in [-0.2, -0.15) is 33.7 Å². The Labute approximate surface area is 862 Å². The van der Waals surface area contributed by atoms with Crippen molar-refractivity contribution in [1.29, 1.82) is 0 Å². The number of aliphatic hydroxyl groups excluding tert-OH is 6. The second-order valence-corrected chi connectivity index (χ2v) is 44.3. The Balaban J connectivity index is 0.000000183. The van der Waals surface area contributed by atoms with Crippen LogP contribution in [0.15, 0.2) is 206 Å². The van der Waals surface area contributed by atoms with Crippen molar-refractivity contribution in [1.82, 2.24) is 44.4 Å². The minimum absolute atomic E-state index is 0. The summed E-state index contributed by atoms with van der Waals surface area (Å²) in [6.45, 7) is 5.86. The van der Waals surface area contributed by atoms with Crippen LogP contribution >= 0.6 is 57.2 Å². The zero-order valence-electron chi connectivity index (χ0n) is 76.4. The second-order valence-electron chi connectivity index (χ2n) is 35.2. The van der Waals surface area contributed by atoms with E-state index in [1.54, 1.807) is 24.4 Å². The minimum Gasteiger partial charge on any atom is -0.453 e. The third kappa shape index (κ3) is 31.2. The molecule has 0 saturated heterocycles. The number of carbonyl (C=O) groups is 4. The van der Waals surface area contributed by atoms with Gasteiger partial charge in [0.05, 0.1) is 116 Å². The maximum Gasteiger partial charge on any atom is 0.333 e. The molecule has 15 atom stereocenters. The Kier molecular flexibility index (Phi) is 40.1. The summed E-state index contributed by atoms with van der Waals surface area (Å²) < 4.78 is 115. The van der Waals surface area contributed by atoms with E-state index >= 15 is 0 Å². The number of nitrogens with one attached hydrogen (secondary N) is 2. The lowest BCUT2D eigenvalue weighted by atomic mass is 9.92. The molecule has 0 bridgehead atoms. The Morgan fingerprint density at radius 2 is 1.01 bits per heavy atom. The predicted octanol–water partition coefficient (Wildman–Crippen LogP) is 12.4. The van der Waals surface area contributed by atoms with Crippen LogP contribution in [0.5, 0.6) is 0 Å². The van der Waals surface area contributed by atoms with Crippen molar-refractivity contribution in [2.24, 2.45) is 56.1 Å². The third-order valence-electron chi connectivity index (χ3n) is 25.0. The number of hydrogen-bond donors (Lipinski definition) is 12. The standard InChI is InChI=1S/C26H28N4O5S2.C25H28ClN3O5S2.C23H25ClN4O6S2.C21H22N4O7S.3CH4/c1-16-2-3-19-4-5-30(23(19)6-16)12-18-10-25(36-14-18)26(32)21-11-28-15-29-22(21)8-17-7-20(24(31)9-17)13-35-37(27,33)34;1-14(17-4-3-5-19(26)9-17)20-10-24(35-15(20)2)25(31)21-11-28-13-29-22(21)7-16-6-18(23(30)8-16)12-34-36(27,32)33;24-22-16(19(30)6-13-4-2-1-3-5-13)9-20(35-22)21(31)17-10-26-12-27-23(17)28-15-7-14(18(29)8-15)11-34-36(25,32)33;22-33(29,30)31-10-13-8-15(20(28)18(13)26)25-21-14(9-23-11-24-21)19(27)17-7-6-16(32-17)12-4-2-1-3-5-12;;;/h2-6,10-11,14-15,17,20,24,31H,7-9,12-13H2,1H3,(H2,27,33,34);3-5,9-11,13-14,16,18,23,30H,6-8,12H2,1-2H3,(H2,27,32,33);1-5,9-10,12,14-15,18-19,29-30H,6-8,11H2,(H2,25,32,33)(H,26,27,28);1-7,9,11,13,15,18,20,26,28H,8,10H2,(H2,22,29,30)(H,23,24,25);3*1H4/t17-,20+,24-;14?,16-,18+,23-;14-,15-,18+,19?;13-,15-,18-,20+;;;/m0011.../s1. The molecule has 13 aromatic rings. The van der Waals surface area contributed by atoms with E-state index in [4.69, 9.17) is 48.2 Å². The fourth-order valence-electron chi connectivity index (χ4n) is 17.9. The molecule has 2 unspecified atom stereocenters. The van der Waals surface area contributed by atoms with Gasteiger partial charge in [-0.15, -0.1) is 34.0 Å². The summed E-state index contributed by atoms with van der Waals surface area (Å²) in [6.07, 6.45) is 11.7. The number of rotatable bonds is 36. The zero-order valence-corrected chi connectivity index (χ0v) is 83.6. The summed E-state index contributed by atoms with van der Waals surface area (Å²) in [5.74, 6) is -1.84. The number of nitrogens with two attached hydrogens (primary N) is 4. The fourth-order valence-corrected chi connectivity index (χ4v) is 22.8. The Morgan fingerprint density at radius 1 is 0.510 bits per heavy atom. The van der Waals surface area contributed by atoms with E-state index in [1.165, 1.54) is 77.5 Å². The molecule has 145 heavy (non-hydrogen) atoms. The van der Waals surface area contributed by atoms with Crippen LogP contribution < -0.4 is 31.2 Å². The van der Waals surface area contributed by atoms with E-state index in [-0.39, 0.29) is 137 Å². The van der Waals surface area contributed by atoms with Crippen molar-refractivity contribution in [3.8, 4) is 11.3 Å². The molecule has 0 radical (unpaired) electrons. The number of halogens is 2. The lowest BCUT2D eigenvalue weighted by Gasteiger charge is -2.19. The van der Waals surface area contributed by atoms with Gasteiger partial charge in [-0.3, -0.25) is 35.9 Å². The van der Waals surface area contributed by atoms with Crippen LogP contribution in [-0.2, 0) is 83.8 Å². The van der Waals surface area contributed by atoms with Crippen LogP contribution in [0.2, 0.25) is 9.36 Å². The van der Waals surface area contributed by atoms with Crippen LogP contribution in [0.4, 0.5) is 11.6 Å². The largest absolute Gasteiger partial charge is 0.453 e. The second kappa shape index (κ2) is 50.8. The van der Waals surface area contributed by atoms with Gasteiger partial charge in [0, 0.05) is 106 Å². The van der Waals surface area contributed by atoms with Crippen molar-refractivity contribution in [3.63, 3.8) is 0 Å². The van der Waals surface area contributed by atoms with E-state index in [0.29, 0.717) is 122 Å². The molecule has 38 nitrogen and oxygen atoms in total. The molecule has 4 saturated carbocycles. The van der Waals surface area contributed by atoms with Gasteiger partial charge in [-0.1, -0.05) is 137 Å². The first-order valence-electron chi connectivity index (χ1n) is 44.6. The van der Waals surface area contributed by atoms with Gasteiger partial charge in [0.15, 0.2) is 5.76 Å². The highest BCUT2D eigenvalue weighted by molar-refractivity contribution is 7.85. The first-order valence-corrected chi connectivity index (χ1v) is 53.8. The molecule has 0 aliphatic heterocycles. The molecular formula is C98H115Cl2N15O23S7. The number of anilines is 2. The van der Waals surface area contributed by atoms with Gasteiger partial charge in [0.2, 0.25) is 23.1 Å². The molecule has 0 spiro atoms. The summed E-state index contributed by atoms with van der Waals surface area (Å²) >= 11 is 16.5. The summed E-state index contributed by atoms with van der Waals surface area (Å²) in [6, 6.07) is 42.6. The molecule has 47 heteroatoms. The van der Waals surface area contributed by atoms with E-state index in [1.807, 2.05) is 109 Å². The number of nitrogens with zero attached hydrogens (tertiary/aromatic N) is 9. The average Bonchev–Trinajstić information content (AvgIpc) is 1.67. The van der Waals surface area contributed by atoms with Crippen molar-refractivity contribution < 1.29 is 105 Å². The minimum atomic E-state index is -4.18. The number of carbonyl (C=O) groups excluding carboxylic acids is 4. The smallest absolute Gasteiger partial charge is 0.333 e. The summed E-state index contributed by atoms with van der Waals surface area (Å²) in [5.41, 5.74) is 10.2. The van der Waals surface area contributed by atoms with Gasteiger partial charge >= 0.3 is 41.2 Å². The van der Waals surface area contributed by atoms with Gasteiger partial charge in [-0.05, 0) is 177 Å². The Hall–Kier alpha value is -10.8. The van der Waals surface area contributed by atoms with Gasteiger partial charge in [0.25, 0.3) is 0 Å². The maximum absolute atomic E-state index is 13.5. The van der Waals surface area contributed by atoms with Crippen molar-refractivity contribution >= 4 is 144 Å². The van der Waals surface area contributed by atoms with Crippen LogP contribution in [0.3, 0.4) is 0 Å². The number of aromatic nitrogens is 9. The van der Waals surface area contributed by atoms with Gasteiger partial charge in [-0.25, -0.2) is 60.4 Å². The van der Waals surface area contributed by atoms with Crippen LogP contribution in [0, 0.1) is 49.4 Å². The first-order chi connectivity index (χ1) is 67.5. The quantitative estimate of drug-likeness (QED) is 0.0162. The number of benzene rings is 4. The molecule has 17 rings (SSSR count). The predicted molar refractivity (Wildman–Crippen MR) is 551 cm³/mol. The highest BCUT2D eigenvalue weighted by Crippen LogP contribution is 2.42. The molecule has 16 N–H and O–H groups in total. The molecule has 4 aliphatic rings. The van der Waals surface area contributed by atoms with Crippen molar-refractivity contribution in [2.75, 3.05) is 37.1 Å². The molecular weight excluding hydrogens is 2050 g/mol. The maximum atomic E-state index is 13.5. The first kappa shape index (κ1) is 115. The number of fused-ring (bicyclic) bond motifs is 1. The number of ketones is 4. The number of furan rings is 1. The average molecular weight is 2170 g/mol.